The first-order valence-electron chi connectivity index (χ1n) is 15.1. The second kappa shape index (κ2) is 14.0. The van der Waals surface area contributed by atoms with E-state index in [1.54, 1.807) is 0 Å². The maximum Gasteiger partial charge on any atom is 0.326 e. The molecule has 232 valence electrons. The summed E-state index contributed by atoms with van der Waals surface area (Å²) in [4.78, 5) is 55.4. The third-order valence-corrected chi connectivity index (χ3v) is 7.85. The SMILES string of the molecule is CC(C)(C)Oc1ccc(CC(NC(=O)CC(N)Cc2ccccc2)C(=O)N2CCCC2C(=O)N2CCCC2C(=O)O)cc1. The van der Waals surface area contributed by atoms with E-state index in [1.165, 1.54) is 9.80 Å². The van der Waals surface area contributed by atoms with Gasteiger partial charge in [-0.05, 0) is 76.1 Å². The number of aliphatic carboxylic acids is 1. The van der Waals surface area contributed by atoms with Crippen LogP contribution < -0.4 is 15.8 Å². The lowest BCUT2D eigenvalue weighted by Gasteiger charge is -2.32. The van der Waals surface area contributed by atoms with Crippen LogP contribution in [0, 0.1) is 0 Å². The van der Waals surface area contributed by atoms with Gasteiger partial charge in [0.25, 0.3) is 0 Å². The Labute approximate surface area is 253 Å². The highest BCUT2D eigenvalue weighted by Crippen LogP contribution is 2.26. The number of nitrogens with one attached hydrogen (secondary N) is 1. The van der Waals surface area contributed by atoms with Gasteiger partial charge in [0.2, 0.25) is 17.7 Å². The number of hydrogen-bond acceptors (Lipinski definition) is 6. The number of carbonyl (C=O) groups is 4. The molecule has 2 saturated heterocycles. The third kappa shape index (κ3) is 8.79. The first kappa shape index (κ1) is 32.0. The molecule has 4 N–H and O–H groups in total. The van der Waals surface area contributed by atoms with Crippen LogP contribution in [0.4, 0.5) is 0 Å². The first-order chi connectivity index (χ1) is 20.4. The summed E-state index contributed by atoms with van der Waals surface area (Å²) in [6.45, 7) is 6.60. The summed E-state index contributed by atoms with van der Waals surface area (Å²) in [5.41, 5.74) is 7.78. The van der Waals surface area contributed by atoms with Crippen molar-refractivity contribution in [3.05, 3.63) is 65.7 Å². The fraction of sp³-hybridized carbons (Fsp3) is 0.515. The zero-order valence-electron chi connectivity index (χ0n) is 25.3. The predicted molar refractivity (Wildman–Crippen MR) is 162 cm³/mol. The van der Waals surface area contributed by atoms with Gasteiger partial charge in [0.1, 0.15) is 29.5 Å². The average Bonchev–Trinajstić information content (AvgIpc) is 3.63. The Morgan fingerprint density at radius 1 is 0.907 bits per heavy atom. The molecule has 2 aromatic rings. The zero-order chi connectivity index (χ0) is 31.1. The molecule has 2 aromatic carbocycles. The normalized spacial score (nSPS) is 20.0. The van der Waals surface area contributed by atoms with Crippen molar-refractivity contribution in [3.8, 4) is 5.75 Å². The lowest BCUT2D eigenvalue weighted by molar-refractivity contribution is -0.152. The van der Waals surface area contributed by atoms with Crippen molar-refractivity contribution in [3.63, 3.8) is 0 Å². The Hall–Kier alpha value is -3.92. The summed E-state index contributed by atoms with van der Waals surface area (Å²) in [6.07, 6.45) is 2.86. The molecular weight excluding hydrogens is 548 g/mol. The Kier molecular flexibility index (Phi) is 10.4. The summed E-state index contributed by atoms with van der Waals surface area (Å²) < 4.78 is 5.92. The van der Waals surface area contributed by atoms with E-state index in [1.807, 2.05) is 75.4 Å². The molecule has 43 heavy (non-hydrogen) atoms. The van der Waals surface area contributed by atoms with Gasteiger partial charge in [-0.25, -0.2) is 4.79 Å². The maximum absolute atomic E-state index is 14.0. The lowest BCUT2D eigenvalue weighted by atomic mass is 10.0. The molecule has 0 aromatic heterocycles. The van der Waals surface area contributed by atoms with Crippen LogP contribution >= 0.6 is 0 Å². The molecule has 0 spiro atoms. The zero-order valence-corrected chi connectivity index (χ0v) is 25.3. The summed E-state index contributed by atoms with van der Waals surface area (Å²) in [5, 5.41) is 12.5. The second-order valence-electron chi connectivity index (χ2n) is 12.6. The summed E-state index contributed by atoms with van der Waals surface area (Å²) in [7, 11) is 0. The van der Waals surface area contributed by atoms with Crippen LogP contribution in [0.3, 0.4) is 0 Å². The average molecular weight is 593 g/mol. The molecule has 0 aliphatic carbocycles. The van der Waals surface area contributed by atoms with Crippen LogP contribution in [-0.4, -0.2) is 81.5 Å². The quantitative estimate of drug-likeness (QED) is 0.364. The Balaban J connectivity index is 1.50. The number of benzene rings is 2. The van der Waals surface area contributed by atoms with Gasteiger partial charge in [-0.15, -0.1) is 0 Å². The van der Waals surface area contributed by atoms with Gasteiger partial charge >= 0.3 is 5.97 Å². The molecule has 0 radical (unpaired) electrons. The van der Waals surface area contributed by atoms with E-state index in [0.29, 0.717) is 50.9 Å². The summed E-state index contributed by atoms with van der Waals surface area (Å²) >= 11 is 0. The number of carboxylic acid groups (broad SMARTS) is 1. The van der Waals surface area contributed by atoms with Gasteiger partial charge < -0.3 is 30.7 Å². The Morgan fingerprint density at radius 2 is 1.51 bits per heavy atom. The molecule has 0 saturated carbocycles. The van der Waals surface area contributed by atoms with Crippen molar-refractivity contribution in [2.75, 3.05) is 13.1 Å². The fourth-order valence-corrected chi connectivity index (χ4v) is 5.93. The molecule has 4 unspecified atom stereocenters. The fourth-order valence-electron chi connectivity index (χ4n) is 5.93. The second-order valence-corrected chi connectivity index (χ2v) is 12.6. The minimum atomic E-state index is -1.03. The monoisotopic (exact) mass is 592 g/mol. The lowest BCUT2D eigenvalue weighted by Crippen LogP contribution is -2.56. The molecule has 2 aliphatic heterocycles. The van der Waals surface area contributed by atoms with Crippen molar-refractivity contribution < 1.29 is 29.0 Å². The number of hydrogen-bond donors (Lipinski definition) is 3. The van der Waals surface area contributed by atoms with Crippen LogP contribution in [0.5, 0.6) is 5.75 Å². The third-order valence-electron chi connectivity index (χ3n) is 7.85. The number of likely N-dealkylation sites (tertiary alicyclic amines) is 2. The number of amides is 3. The highest BCUT2D eigenvalue weighted by atomic mass is 16.5. The van der Waals surface area contributed by atoms with Crippen molar-refractivity contribution in [1.29, 1.82) is 0 Å². The summed E-state index contributed by atoms with van der Waals surface area (Å²) in [5.74, 6) is -1.38. The largest absolute Gasteiger partial charge is 0.488 e. The van der Waals surface area contributed by atoms with E-state index in [9.17, 15) is 24.3 Å². The van der Waals surface area contributed by atoms with Gasteiger partial charge in [-0.2, -0.15) is 0 Å². The van der Waals surface area contributed by atoms with Crippen LogP contribution in [0.2, 0.25) is 0 Å². The highest BCUT2D eigenvalue weighted by molar-refractivity contribution is 5.94. The molecular formula is C33H44N4O6. The van der Waals surface area contributed by atoms with Gasteiger partial charge in [0.15, 0.2) is 0 Å². The summed E-state index contributed by atoms with van der Waals surface area (Å²) in [6, 6.07) is 14.1. The van der Waals surface area contributed by atoms with Crippen molar-refractivity contribution >= 4 is 23.7 Å². The molecule has 10 nitrogen and oxygen atoms in total. The van der Waals surface area contributed by atoms with E-state index >= 15 is 0 Å². The standard InChI is InChI=1S/C33H44N4O6/c1-33(2,3)43-25-15-13-23(14-16-25)20-26(35-29(38)21-24(34)19-22-9-5-4-6-10-22)30(39)36-17-7-11-27(36)31(40)37-18-8-12-28(37)32(41)42/h4-6,9-10,13-16,24,26-28H,7-8,11-12,17-21,34H2,1-3H3,(H,35,38)(H,41,42). The molecule has 2 fully saturated rings. The first-order valence-corrected chi connectivity index (χ1v) is 15.1. The highest BCUT2D eigenvalue weighted by Gasteiger charge is 2.43. The van der Waals surface area contributed by atoms with Crippen LogP contribution in [0.25, 0.3) is 0 Å². The van der Waals surface area contributed by atoms with E-state index in [4.69, 9.17) is 10.5 Å². The van der Waals surface area contributed by atoms with E-state index in [-0.39, 0.29) is 36.2 Å². The molecule has 2 heterocycles. The molecule has 10 heteroatoms. The molecule has 2 aliphatic rings. The van der Waals surface area contributed by atoms with E-state index in [2.05, 4.69) is 5.32 Å². The van der Waals surface area contributed by atoms with E-state index in [0.717, 1.165) is 11.1 Å². The van der Waals surface area contributed by atoms with Crippen LogP contribution in [-0.2, 0) is 32.0 Å². The van der Waals surface area contributed by atoms with Crippen LogP contribution in [0.15, 0.2) is 54.6 Å². The minimum absolute atomic E-state index is 0.0352. The molecule has 3 amide bonds. The van der Waals surface area contributed by atoms with Gasteiger partial charge in [0, 0.05) is 32.0 Å². The Bertz CT molecular complexity index is 1280. The topological polar surface area (TPSA) is 142 Å². The number of rotatable bonds is 11. The maximum atomic E-state index is 14.0. The smallest absolute Gasteiger partial charge is 0.326 e. The number of carboxylic acids is 1. The van der Waals surface area contributed by atoms with Gasteiger partial charge in [-0.1, -0.05) is 42.5 Å². The number of carbonyl (C=O) groups excluding carboxylic acids is 3. The van der Waals surface area contributed by atoms with Crippen molar-refractivity contribution in [2.45, 2.75) is 95.5 Å². The number of nitrogens with two attached hydrogens (primary N) is 1. The predicted octanol–water partition coefficient (Wildman–Crippen LogP) is 2.92. The number of nitrogens with zero attached hydrogens (tertiary/aromatic N) is 2. The van der Waals surface area contributed by atoms with E-state index < -0.39 is 30.1 Å². The van der Waals surface area contributed by atoms with Crippen molar-refractivity contribution in [2.24, 2.45) is 5.73 Å². The van der Waals surface area contributed by atoms with Crippen molar-refractivity contribution in [1.82, 2.24) is 15.1 Å². The van der Waals surface area contributed by atoms with Gasteiger partial charge in [0.05, 0.1) is 0 Å². The number of ether oxygens (including phenoxy) is 1. The molecule has 0 bridgehead atoms. The Morgan fingerprint density at radius 3 is 2.14 bits per heavy atom. The van der Waals surface area contributed by atoms with Crippen LogP contribution in [0.1, 0.15) is 64.0 Å². The molecule has 4 atom stereocenters. The molecule has 4 rings (SSSR count). The van der Waals surface area contributed by atoms with Gasteiger partial charge in [-0.3, -0.25) is 14.4 Å². The minimum Gasteiger partial charge on any atom is -0.488 e.